The number of halogens is 4. The SMILES string of the molecule is Clc1cc(-c2ccn(-c3cc(Cl)c(OCC4CO4)c(Cl)c3)n2)cc(Cl)c1OCC1CO1. The van der Waals surface area contributed by atoms with Crippen LogP contribution in [0.2, 0.25) is 20.1 Å². The Balaban J connectivity index is 1.37. The van der Waals surface area contributed by atoms with E-state index in [1.807, 2.05) is 6.07 Å². The standard InChI is InChI=1S/C21H16Cl4N2O4/c22-15-3-11(4-16(23)20(15)30-9-13-7-28-13)19-1-2-27(26-19)12-5-17(24)21(18(25)6-12)31-10-14-8-29-14/h1-6,13-14H,7-10H2. The summed E-state index contributed by atoms with van der Waals surface area (Å²) in [6, 6.07) is 8.85. The van der Waals surface area contributed by atoms with Gasteiger partial charge in [0.2, 0.25) is 0 Å². The van der Waals surface area contributed by atoms with Gasteiger partial charge in [-0.3, -0.25) is 0 Å². The second-order valence-corrected chi connectivity index (χ2v) is 8.81. The quantitative estimate of drug-likeness (QED) is 0.370. The Hall–Kier alpha value is -1.67. The molecule has 3 aromatic rings. The minimum Gasteiger partial charge on any atom is -0.488 e. The summed E-state index contributed by atoms with van der Waals surface area (Å²) < 4.78 is 23.3. The summed E-state index contributed by atoms with van der Waals surface area (Å²) in [4.78, 5) is 0. The van der Waals surface area contributed by atoms with Gasteiger partial charge in [-0.15, -0.1) is 0 Å². The van der Waals surface area contributed by atoms with E-state index in [2.05, 4.69) is 5.10 Å². The maximum Gasteiger partial charge on any atom is 0.156 e. The van der Waals surface area contributed by atoms with E-state index >= 15 is 0 Å². The van der Waals surface area contributed by atoms with Crippen molar-refractivity contribution in [3.63, 3.8) is 0 Å². The van der Waals surface area contributed by atoms with Crippen molar-refractivity contribution in [2.45, 2.75) is 12.2 Å². The Bertz CT molecular complexity index is 996. The summed E-state index contributed by atoms with van der Waals surface area (Å²) in [6.45, 7) is 2.22. The van der Waals surface area contributed by atoms with Gasteiger partial charge in [0, 0.05) is 11.8 Å². The summed E-state index contributed by atoms with van der Waals surface area (Å²) in [5.74, 6) is 0.869. The van der Waals surface area contributed by atoms with Gasteiger partial charge < -0.3 is 18.9 Å². The van der Waals surface area contributed by atoms with Crippen molar-refractivity contribution in [1.29, 1.82) is 0 Å². The lowest BCUT2D eigenvalue weighted by molar-refractivity contribution is 0.263. The zero-order valence-corrected chi connectivity index (χ0v) is 19.0. The number of hydrogen-bond acceptors (Lipinski definition) is 5. The first-order chi connectivity index (χ1) is 15.0. The molecule has 10 heteroatoms. The monoisotopic (exact) mass is 500 g/mol. The molecule has 2 unspecified atom stereocenters. The summed E-state index contributed by atoms with van der Waals surface area (Å²) >= 11 is 25.5. The van der Waals surface area contributed by atoms with Gasteiger partial charge in [-0.1, -0.05) is 46.4 Å². The summed E-state index contributed by atoms with van der Waals surface area (Å²) in [5, 5.41) is 6.21. The predicted octanol–water partition coefficient (Wildman–Crippen LogP) is 5.71. The minimum atomic E-state index is 0.109. The molecule has 5 rings (SSSR count). The Kier molecular flexibility index (Phi) is 5.94. The van der Waals surface area contributed by atoms with Crippen molar-refractivity contribution in [1.82, 2.24) is 9.78 Å². The molecule has 2 fully saturated rings. The van der Waals surface area contributed by atoms with Crippen LogP contribution in [0.25, 0.3) is 16.9 Å². The zero-order valence-electron chi connectivity index (χ0n) is 16.0. The highest BCUT2D eigenvalue weighted by Gasteiger charge is 2.25. The summed E-state index contributed by atoms with van der Waals surface area (Å²) in [5.41, 5.74) is 2.13. The molecule has 31 heavy (non-hydrogen) atoms. The van der Waals surface area contributed by atoms with Gasteiger partial charge in [-0.05, 0) is 30.3 Å². The predicted molar refractivity (Wildman–Crippen MR) is 120 cm³/mol. The van der Waals surface area contributed by atoms with E-state index in [4.69, 9.17) is 65.4 Å². The molecule has 1 aromatic heterocycles. The van der Waals surface area contributed by atoms with Gasteiger partial charge in [0.25, 0.3) is 0 Å². The van der Waals surface area contributed by atoms with Crippen LogP contribution in [-0.4, -0.2) is 48.4 Å². The number of hydrogen-bond donors (Lipinski definition) is 0. The van der Waals surface area contributed by atoms with E-state index in [9.17, 15) is 0 Å². The van der Waals surface area contributed by atoms with E-state index < -0.39 is 0 Å². The fourth-order valence-electron chi connectivity index (χ4n) is 2.97. The van der Waals surface area contributed by atoms with Gasteiger partial charge >= 0.3 is 0 Å². The van der Waals surface area contributed by atoms with Gasteiger partial charge in [0.15, 0.2) is 11.5 Å². The molecule has 2 aliphatic rings. The van der Waals surface area contributed by atoms with Crippen molar-refractivity contribution in [2.24, 2.45) is 0 Å². The largest absolute Gasteiger partial charge is 0.488 e. The van der Waals surface area contributed by atoms with Gasteiger partial charge in [-0.25, -0.2) is 4.68 Å². The van der Waals surface area contributed by atoms with Crippen LogP contribution >= 0.6 is 46.4 Å². The molecule has 2 aliphatic heterocycles. The molecule has 0 bridgehead atoms. The molecule has 0 saturated carbocycles. The summed E-state index contributed by atoms with van der Waals surface area (Å²) in [7, 11) is 0. The maximum absolute atomic E-state index is 6.39. The van der Waals surface area contributed by atoms with E-state index in [1.54, 1.807) is 35.1 Å². The molecule has 0 amide bonds. The second-order valence-electron chi connectivity index (χ2n) is 7.19. The van der Waals surface area contributed by atoms with Gasteiger partial charge in [0.1, 0.15) is 25.4 Å². The fraction of sp³-hybridized carbons (Fsp3) is 0.286. The lowest BCUT2D eigenvalue weighted by Gasteiger charge is -2.11. The molecule has 162 valence electrons. The van der Waals surface area contributed by atoms with Crippen molar-refractivity contribution in [2.75, 3.05) is 26.4 Å². The van der Waals surface area contributed by atoms with Crippen molar-refractivity contribution in [3.05, 3.63) is 56.6 Å². The fourth-order valence-corrected chi connectivity index (χ4v) is 4.15. The molecule has 2 atom stereocenters. The Morgan fingerprint density at radius 1 is 0.839 bits per heavy atom. The first-order valence-corrected chi connectivity index (χ1v) is 11.0. The van der Waals surface area contributed by atoms with E-state index in [0.29, 0.717) is 69.4 Å². The highest BCUT2D eigenvalue weighted by molar-refractivity contribution is 6.38. The average Bonchev–Trinajstić information content (AvgIpc) is 3.66. The third-order valence-corrected chi connectivity index (χ3v) is 5.89. The van der Waals surface area contributed by atoms with Gasteiger partial charge in [0.05, 0.1) is 44.7 Å². The number of benzene rings is 2. The molecule has 0 N–H and O–H groups in total. The molecule has 2 saturated heterocycles. The third-order valence-electron chi connectivity index (χ3n) is 4.76. The number of rotatable bonds is 8. The molecular formula is C21H16Cl4N2O4. The van der Waals surface area contributed by atoms with E-state index in [1.165, 1.54) is 0 Å². The van der Waals surface area contributed by atoms with Crippen LogP contribution in [0, 0.1) is 0 Å². The van der Waals surface area contributed by atoms with Crippen LogP contribution < -0.4 is 9.47 Å². The molecule has 3 heterocycles. The van der Waals surface area contributed by atoms with E-state index in [0.717, 1.165) is 5.56 Å². The van der Waals surface area contributed by atoms with Crippen molar-refractivity contribution >= 4 is 46.4 Å². The third kappa shape index (κ3) is 4.90. The van der Waals surface area contributed by atoms with Crippen LogP contribution in [0.15, 0.2) is 36.5 Å². The Morgan fingerprint density at radius 2 is 1.32 bits per heavy atom. The molecular weight excluding hydrogens is 486 g/mol. The molecule has 6 nitrogen and oxygen atoms in total. The number of aromatic nitrogens is 2. The normalized spacial score (nSPS) is 19.4. The zero-order chi connectivity index (χ0) is 21.5. The number of nitrogens with zero attached hydrogens (tertiary/aromatic N) is 2. The van der Waals surface area contributed by atoms with Crippen LogP contribution in [0.1, 0.15) is 0 Å². The maximum atomic E-state index is 6.39. The van der Waals surface area contributed by atoms with E-state index in [-0.39, 0.29) is 12.2 Å². The van der Waals surface area contributed by atoms with Crippen LogP contribution in [0.5, 0.6) is 11.5 Å². The van der Waals surface area contributed by atoms with Crippen LogP contribution in [-0.2, 0) is 9.47 Å². The Labute approximate surface area is 198 Å². The van der Waals surface area contributed by atoms with Crippen molar-refractivity contribution < 1.29 is 18.9 Å². The molecule has 0 radical (unpaired) electrons. The smallest absolute Gasteiger partial charge is 0.156 e. The molecule has 0 spiro atoms. The number of ether oxygens (including phenoxy) is 4. The Morgan fingerprint density at radius 3 is 1.81 bits per heavy atom. The first kappa shape index (κ1) is 21.2. The van der Waals surface area contributed by atoms with Crippen molar-refractivity contribution in [3.8, 4) is 28.4 Å². The highest BCUT2D eigenvalue weighted by atomic mass is 35.5. The molecule has 2 aromatic carbocycles. The number of epoxide rings is 2. The van der Waals surface area contributed by atoms with Gasteiger partial charge in [-0.2, -0.15) is 5.10 Å². The minimum absolute atomic E-state index is 0.109. The van der Waals surface area contributed by atoms with Crippen LogP contribution in [0.4, 0.5) is 0 Å². The summed E-state index contributed by atoms with van der Waals surface area (Å²) in [6.07, 6.45) is 2.02. The first-order valence-electron chi connectivity index (χ1n) is 9.51. The topological polar surface area (TPSA) is 61.3 Å². The highest BCUT2D eigenvalue weighted by Crippen LogP contribution is 2.39. The van der Waals surface area contributed by atoms with Crippen LogP contribution in [0.3, 0.4) is 0 Å². The lowest BCUT2D eigenvalue weighted by Crippen LogP contribution is -2.05. The molecule has 0 aliphatic carbocycles. The lowest BCUT2D eigenvalue weighted by atomic mass is 10.1. The second kappa shape index (κ2) is 8.70. The average molecular weight is 502 g/mol.